The third-order valence-electron chi connectivity index (χ3n) is 5.22. The summed E-state index contributed by atoms with van der Waals surface area (Å²) in [5.74, 6) is 0. The summed E-state index contributed by atoms with van der Waals surface area (Å²) in [6.45, 7) is 6.14. The fraction of sp³-hybridized carbons (Fsp3) is 0.333. The van der Waals surface area contributed by atoms with E-state index >= 15 is 0 Å². The molecule has 0 aliphatic carbocycles. The average Bonchev–Trinajstić information content (AvgIpc) is 3.42. The predicted octanol–water partition coefficient (Wildman–Crippen LogP) is 1.99. The number of anilines is 2. The molecule has 0 unspecified atom stereocenters. The zero-order chi connectivity index (χ0) is 24.7. The summed E-state index contributed by atoms with van der Waals surface area (Å²) in [6.07, 6.45) is 3.70. The van der Waals surface area contributed by atoms with Crippen LogP contribution in [-0.4, -0.2) is 54.1 Å². The van der Waals surface area contributed by atoms with E-state index in [1.807, 2.05) is 68.3 Å². The molecule has 0 fully saturated rings. The molecule has 2 aromatic carbocycles. The average molecular weight is 464 g/mol. The highest BCUT2D eigenvalue weighted by Crippen LogP contribution is 2.15. The Kier molecular flexibility index (Phi) is 8.34. The summed E-state index contributed by atoms with van der Waals surface area (Å²) >= 11 is 0. The lowest BCUT2D eigenvalue weighted by atomic mass is 10.1. The number of nitrogen functional groups attached to an aromatic ring is 2. The number of aromatic nitrogens is 6. The Bertz CT molecular complexity index is 1210. The van der Waals surface area contributed by atoms with E-state index in [1.54, 1.807) is 10.9 Å². The van der Waals surface area contributed by atoms with E-state index in [1.165, 1.54) is 11.1 Å². The van der Waals surface area contributed by atoms with Crippen molar-refractivity contribution >= 4 is 11.4 Å². The SMILES string of the molecule is Cc1ccc(N)cc1Cn1cc(CN(C)C)nn1.Cc1ccc(N)cc1Cn1cc(CO)nn1. The second-order valence-corrected chi connectivity index (χ2v) is 8.58. The third kappa shape index (κ3) is 7.12. The van der Waals surface area contributed by atoms with Gasteiger partial charge in [-0.15, -0.1) is 10.2 Å². The highest BCUT2D eigenvalue weighted by atomic mass is 16.3. The first-order valence-corrected chi connectivity index (χ1v) is 11.0. The van der Waals surface area contributed by atoms with Crippen molar-refractivity contribution in [2.45, 2.75) is 40.1 Å². The van der Waals surface area contributed by atoms with E-state index in [2.05, 4.69) is 32.4 Å². The first kappa shape index (κ1) is 24.9. The van der Waals surface area contributed by atoms with Crippen molar-refractivity contribution in [3.8, 4) is 0 Å². The van der Waals surface area contributed by atoms with Crippen LogP contribution in [0, 0.1) is 13.8 Å². The van der Waals surface area contributed by atoms with Crippen molar-refractivity contribution in [2.24, 2.45) is 0 Å². The molecule has 10 heteroatoms. The molecule has 0 radical (unpaired) electrons. The van der Waals surface area contributed by atoms with Crippen molar-refractivity contribution in [1.82, 2.24) is 34.9 Å². The molecule has 0 amide bonds. The van der Waals surface area contributed by atoms with Crippen molar-refractivity contribution in [3.63, 3.8) is 0 Å². The van der Waals surface area contributed by atoms with Gasteiger partial charge in [0.15, 0.2) is 0 Å². The number of aliphatic hydroxyl groups excluding tert-OH is 1. The van der Waals surface area contributed by atoms with E-state index in [0.29, 0.717) is 18.8 Å². The first-order chi connectivity index (χ1) is 16.2. The standard InChI is InChI=1S/C13H19N5.C11H14N4O/c1-10-4-5-12(14)6-11(10)7-18-9-13(15-16-18)8-17(2)3;1-8-2-3-10(12)4-9(8)5-15-6-11(7-16)13-14-15/h4-6,9H,7-8,14H2,1-3H3;2-4,6,16H,5,7,12H2,1H3. The molecule has 0 bridgehead atoms. The largest absolute Gasteiger partial charge is 0.399 e. The van der Waals surface area contributed by atoms with Crippen LogP contribution in [0.1, 0.15) is 33.6 Å². The van der Waals surface area contributed by atoms with Gasteiger partial charge in [-0.25, -0.2) is 9.36 Å². The normalized spacial score (nSPS) is 10.9. The minimum absolute atomic E-state index is 0.0874. The molecular weight excluding hydrogens is 430 g/mol. The second kappa shape index (κ2) is 11.4. The van der Waals surface area contributed by atoms with Crippen LogP contribution in [0.2, 0.25) is 0 Å². The molecule has 0 aliphatic heterocycles. The Hall–Kier alpha value is -3.76. The van der Waals surface area contributed by atoms with Crippen LogP contribution in [0.5, 0.6) is 0 Å². The maximum absolute atomic E-state index is 8.88. The molecule has 0 saturated heterocycles. The quantitative estimate of drug-likeness (QED) is 0.354. The van der Waals surface area contributed by atoms with Crippen LogP contribution in [-0.2, 0) is 26.2 Å². The van der Waals surface area contributed by atoms with Crippen molar-refractivity contribution in [3.05, 3.63) is 82.4 Å². The molecule has 10 nitrogen and oxygen atoms in total. The van der Waals surface area contributed by atoms with Crippen molar-refractivity contribution in [2.75, 3.05) is 25.6 Å². The molecule has 5 N–H and O–H groups in total. The maximum atomic E-state index is 8.88. The molecule has 2 heterocycles. The van der Waals surface area contributed by atoms with Crippen LogP contribution < -0.4 is 11.5 Å². The van der Waals surface area contributed by atoms with Crippen LogP contribution in [0.25, 0.3) is 0 Å². The minimum Gasteiger partial charge on any atom is -0.399 e. The number of nitrogens with two attached hydrogens (primary N) is 2. The van der Waals surface area contributed by atoms with E-state index < -0.39 is 0 Å². The van der Waals surface area contributed by atoms with Gasteiger partial charge in [0.2, 0.25) is 0 Å². The summed E-state index contributed by atoms with van der Waals surface area (Å²) < 4.78 is 3.54. The molecule has 4 rings (SSSR count). The molecule has 0 atom stereocenters. The third-order valence-corrected chi connectivity index (χ3v) is 5.22. The van der Waals surface area contributed by atoms with Crippen LogP contribution in [0.15, 0.2) is 48.8 Å². The number of hydrogen-bond donors (Lipinski definition) is 3. The van der Waals surface area contributed by atoms with Gasteiger partial charge < -0.3 is 21.5 Å². The van der Waals surface area contributed by atoms with Gasteiger partial charge in [0, 0.05) is 17.9 Å². The van der Waals surface area contributed by atoms with Gasteiger partial charge in [-0.3, -0.25) is 0 Å². The Balaban J connectivity index is 0.000000192. The van der Waals surface area contributed by atoms with Gasteiger partial charge in [0.25, 0.3) is 0 Å². The molecule has 4 aromatic rings. The summed E-state index contributed by atoms with van der Waals surface area (Å²) in [5.41, 5.74) is 19.3. The summed E-state index contributed by atoms with van der Waals surface area (Å²) in [4.78, 5) is 2.07. The lowest BCUT2D eigenvalue weighted by Crippen LogP contribution is -2.10. The van der Waals surface area contributed by atoms with E-state index in [-0.39, 0.29) is 6.61 Å². The molecule has 180 valence electrons. The van der Waals surface area contributed by atoms with Gasteiger partial charge in [-0.05, 0) is 74.5 Å². The summed E-state index contributed by atoms with van der Waals surface area (Å²) in [6, 6.07) is 11.7. The fourth-order valence-corrected chi connectivity index (χ4v) is 3.37. The van der Waals surface area contributed by atoms with Gasteiger partial charge in [-0.1, -0.05) is 22.6 Å². The summed E-state index contributed by atoms with van der Waals surface area (Å²) in [5, 5.41) is 24.9. The number of aryl methyl sites for hydroxylation is 2. The number of aliphatic hydroxyl groups is 1. The number of benzene rings is 2. The van der Waals surface area contributed by atoms with Crippen molar-refractivity contribution in [1.29, 1.82) is 0 Å². The van der Waals surface area contributed by atoms with E-state index in [9.17, 15) is 0 Å². The maximum Gasteiger partial charge on any atom is 0.108 e. The Morgan fingerprint density at radius 1 is 0.794 bits per heavy atom. The fourth-order valence-electron chi connectivity index (χ4n) is 3.37. The highest BCUT2D eigenvalue weighted by Gasteiger charge is 2.05. The topological polar surface area (TPSA) is 137 Å². The molecule has 0 spiro atoms. The highest BCUT2D eigenvalue weighted by molar-refractivity contribution is 5.45. The minimum atomic E-state index is -0.0874. The van der Waals surface area contributed by atoms with Crippen molar-refractivity contribution < 1.29 is 5.11 Å². The second-order valence-electron chi connectivity index (χ2n) is 8.58. The van der Waals surface area contributed by atoms with Gasteiger partial charge in [0.1, 0.15) is 5.69 Å². The van der Waals surface area contributed by atoms with E-state index in [4.69, 9.17) is 16.6 Å². The van der Waals surface area contributed by atoms with Gasteiger partial charge >= 0.3 is 0 Å². The lowest BCUT2D eigenvalue weighted by molar-refractivity contribution is 0.276. The molecular formula is C24H33N9O. The number of nitrogens with zero attached hydrogens (tertiary/aromatic N) is 7. The van der Waals surface area contributed by atoms with Gasteiger partial charge in [-0.2, -0.15) is 0 Å². The van der Waals surface area contributed by atoms with Gasteiger partial charge in [0.05, 0.1) is 37.8 Å². The Labute approximate surface area is 199 Å². The number of hydrogen-bond acceptors (Lipinski definition) is 8. The monoisotopic (exact) mass is 463 g/mol. The predicted molar refractivity (Wildman–Crippen MR) is 133 cm³/mol. The summed E-state index contributed by atoms with van der Waals surface area (Å²) in [7, 11) is 4.03. The Morgan fingerprint density at radius 2 is 1.26 bits per heavy atom. The molecule has 0 aliphatic rings. The Morgan fingerprint density at radius 3 is 1.71 bits per heavy atom. The lowest BCUT2D eigenvalue weighted by Gasteiger charge is -2.07. The zero-order valence-electron chi connectivity index (χ0n) is 20.2. The van der Waals surface area contributed by atoms with Crippen LogP contribution >= 0.6 is 0 Å². The smallest absolute Gasteiger partial charge is 0.108 e. The van der Waals surface area contributed by atoms with Crippen LogP contribution in [0.4, 0.5) is 11.4 Å². The molecule has 2 aromatic heterocycles. The van der Waals surface area contributed by atoms with Crippen LogP contribution in [0.3, 0.4) is 0 Å². The molecule has 34 heavy (non-hydrogen) atoms. The number of rotatable bonds is 7. The molecule has 0 saturated carbocycles. The first-order valence-electron chi connectivity index (χ1n) is 11.0. The van der Waals surface area contributed by atoms with E-state index in [0.717, 1.165) is 34.7 Å². The zero-order valence-corrected chi connectivity index (χ0v) is 20.2.